The molecule has 0 aromatic carbocycles. The summed E-state index contributed by atoms with van der Waals surface area (Å²) in [5, 5.41) is 2.97. The van der Waals surface area contributed by atoms with Crippen LogP contribution in [0.5, 0.6) is 0 Å². The molecule has 1 aliphatic rings. The monoisotopic (exact) mass is 300 g/mol. The number of nitrogens with one attached hydrogen (secondary N) is 1. The van der Waals surface area contributed by atoms with Crippen molar-refractivity contribution < 1.29 is 9.59 Å². The molecule has 1 aliphatic heterocycles. The van der Waals surface area contributed by atoms with Gasteiger partial charge in [-0.1, -0.05) is 27.7 Å². The molecule has 0 aromatic rings. The number of carbonyl (C=O) groups is 2. The molecule has 116 valence electrons. The first kappa shape index (κ1) is 17.3. The van der Waals surface area contributed by atoms with Crippen molar-refractivity contribution in [3.05, 3.63) is 0 Å². The molecular weight excluding hydrogens is 272 g/mol. The van der Waals surface area contributed by atoms with Gasteiger partial charge in [-0.05, 0) is 31.9 Å². The van der Waals surface area contributed by atoms with E-state index in [-0.39, 0.29) is 11.8 Å². The first-order valence-electron chi connectivity index (χ1n) is 7.64. The molecule has 1 rings (SSSR count). The summed E-state index contributed by atoms with van der Waals surface area (Å²) in [7, 11) is 0. The summed E-state index contributed by atoms with van der Waals surface area (Å²) in [6.45, 7) is 10.5. The van der Waals surface area contributed by atoms with Gasteiger partial charge in [0.15, 0.2) is 0 Å². The predicted octanol–water partition coefficient (Wildman–Crippen LogP) is 2.43. The molecule has 0 radical (unpaired) electrons. The van der Waals surface area contributed by atoms with E-state index in [1.54, 1.807) is 0 Å². The maximum Gasteiger partial charge on any atom is 0.248 e. The molecule has 0 saturated carbocycles. The van der Waals surface area contributed by atoms with E-state index in [1.165, 1.54) is 0 Å². The maximum absolute atomic E-state index is 12.9. The lowest BCUT2D eigenvalue weighted by molar-refractivity contribution is -0.163. The van der Waals surface area contributed by atoms with E-state index >= 15 is 0 Å². The number of rotatable bonds is 7. The predicted molar refractivity (Wildman–Crippen MR) is 84.9 cm³/mol. The number of hydrogen-bond donors (Lipinski definition) is 1. The lowest BCUT2D eigenvalue weighted by Gasteiger charge is -2.51. The van der Waals surface area contributed by atoms with Crippen LogP contribution in [-0.2, 0) is 9.59 Å². The summed E-state index contributed by atoms with van der Waals surface area (Å²) in [5.41, 5.74) is -1.41. The van der Waals surface area contributed by atoms with E-state index in [2.05, 4.69) is 12.2 Å². The highest BCUT2D eigenvalue weighted by atomic mass is 32.2. The van der Waals surface area contributed by atoms with Crippen LogP contribution < -0.4 is 5.32 Å². The molecule has 1 fully saturated rings. The number of carbonyl (C=O) groups excluding carboxylic acids is 2. The average Bonchev–Trinajstić information content (AvgIpc) is 2.45. The fourth-order valence-electron chi connectivity index (χ4n) is 2.84. The molecule has 20 heavy (non-hydrogen) atoms. The van der Waals surface area contributed by atoms with Crippen molar-refractivity contribution in [2.45, 2.75) is 65.0 Å². The number of thioether (sulfide) groups is 1. The van der Waals surface area contributed by atoms with E-state index < -0.39 is 11.1 Å². The van der Waals surface area contributed by atoms with Crippen molar-refractivity contribution in [3.8, 4) is 0 Å². The summed E-state index contributed by atoms with van der Waals surface area (Å²) in [4.78, 5) is 27.3. The first-order chi connectivity index (χ1) is 9.41. The Morgan fingerprint density at radius 1 is 1.10 bits per heavy atom. The molecule has 0 aromatic heterocycles. The minimum atomic E-state index is -0.748. The Balaban J connectivity index is 3.10. The van der Waals surface area contributed by atoms with Gasteiger partial charge in [-0.2, -0.15) is 11.8 Å². The Morgan fingerprint density at radius 2 is 1.70 bits per heavy atom. The minimum Gasteiger partial charge on any atom is -0.340 e. The second-order valence-electron chi connectivity index (χ2n) is 5.53. The van der Waals surface area contributed by atoms with Gasteiger partial charge in [0, 0.05) is 12.3 Å². The lowest BCUT2D eigenvalue weighted by Crippen LogP contribution is -2.74. The largest absolute Gasteiger partial charge is 0.340 e. The highest BCUT2D eigenvalue weighted by Crippen LogP contribution is 2.33. The molecule has 5 heteroatoms. The Hall–Kier alpha value is -0.710. The van der Waals surface area contributed by atoms with E-state index in [0.717, 1.165) is 11.5 Å². The van der Waals surface area contributed by atoms with Crippen LogP contribution in [0.3, 0.4) is 0 Å². The molecule has 1 saturated heterocycles. The van der Waals surface area contributed by atoms with Gasteiger partial charge in [-0.15, -0.1) is 0 Å². The summed E-state index contributed by atoms with van der Waals surface area (Å²) < 4.78 is 0. The van der Waals surface area contributed by atoms with Crippen molar-refractivity contribution in [1.29, 1.82) is 0 Å². The van der Waals surface area contributed by atoms with Gasteiger partial charge in [-0.3, -0.25) is 9.59 Å². The maximum atomic E-state index is 12.9. The number of nitrogens with zero attached hydrogens (tertiary/aromatic N) is 1. The second kappa shape index (κ2) is 6.83. The highest BCUT2D eigenvalue weighted by molar-refractivity contribution is 7.99. The quantitative estimate of drug-likeness (QED) is 0.735. The Bertz CT molecular complexity index is 369. The molecule has 0 spiro atoms. The van der Waals surface area contributed by atoms with Crippen LogP contribution in [-0.4, -0.2) is 45.8 Å². The third-order valence-electron chi connectivity index (χ3n) is 4.59. The van der Waals surface area contributed by atoms with Gasteiger partial charge < -0.3 is 10.2 Å². The fourth-order valence-corrected chi connectivity index (χ4v) is 3.44. The molecule has 1 N–H and O–H groups in total. The van der Waals surface area contributed by atoms with Crippen LogP contribution in [0.25, 0.3) is 0 Å². The lowest BCUT2D eigenvalue weighted by atomic mass is 9.81. The number of hydrogen-bond acceptors (Lipinski definition) is 3. The van der Waals surface area contributed by atoms with Gasteiger partial charge in [0.25, 0.3) is 0 Å². The molecule has 1 heterocycles. The Labute approximate surface area is 127 Å². The minimum absolute atomic E-state index is 0.00736. The summed E-state index contributed by atoms with van der Waals surface area (Å²) in [5.74, 6) is 2.00. The van der Waals surface area contributed by atoms with Crippen molar-refractivity contribution in [2.24, 2.45) is 0 Å². The van der Waals surface area contributed by atoms with E-state index in [9.17, 15) is 9.59 Å². The van der Waals surface area contributed by atoms with Crippen molar-refractivity contribution in [1.82, 2.24) is 10.2 Å². The zero-order valence-electron chi connectivity index (χ0n) is 13.4. The molecule has 2 amide bonds. The molecule has 1 atom stereocenters. The second-order valence-corrected chi connectivity index (χ2v) is 6.93. The fraction of sp³-hybridized carbons (Fsp3) is 0.867. The molecule has 1 unspecified atom stereocenters. The van der Waals surface area contributed by atoms with Crippen LogP contribution in [0.15, 0.2) is 0 Å². The normalized spacial score (nSPS) is 25.8. The Morgan fingerprint density at radius 3 is 2.15 bits per heavy atom. The van der Waals surface area contributed by atoms with Crippen LogP contribution >= 0.6 is 11.8 Å². The third-order valence-corrected chi connectivity index (χ3v) is 5.47. The van der Waals surface area contributed by atoms with Crippen molar-refractivity contribution in [2.75, 3.05) is 18.1 Å². The first-order valence-corrected chi connectivity index (χ1v) is 8.79. The molecule has 0 aliphatic carbocycles. The van der Waals surface area contributed by atoms with Gasteiger partial charge in [0.1, 0.15) is 11.1 Å². The standard InChI is InChI=1S/C15H28N2O2S/c1-6-14(5)13(19)17(10-11-20-9-4)15(7-2,8-3)12(18)16-14/h6-11H2,1-5H3,(H,16,18). The van der Waals surface area contributed by atoms with Gasteiger partial charge >= 0.3 is 0 Å². The summed E-state index contributed by atoms with van der Waals surface area (Å²) in [6, 6.07) is 0. The average molecular weight is 300 g/mol. The van der Waals surface area contributed by atoms with Crippen LogP contribution in [0.1, 0.15) is 53.9 Å². The van der Waals surface area contributed by atoms with Crippen LogP contribution in [0.4, 0.5) is 0 Å². The van der Waals surface area contributed by atoms with E-state index in [0.29, 0.717) is 25.8 Å². The Kier molecular flexibility index (Phi) is 5.92. The SMILES string of the molecule is CCSCCN1C(=O)C(C)(CC)NC(=O)C1(CC)CC. The topological polar surface area (TPSA) is 49.4 Å². The van der Waals surface area contributed by atoms with E-state index in [4.69, 9.17) is 0 Å². The smallest absolute Gasteiger partial charge is 0.248 e. The zero-order valence-corrected chi connectivity index (χ0v) is 14.2. The van der Waals surface area contributed by atoms with Crippen LogP contribution in [0.2, 0.25) is 0 Å². The molecule has 0 bridgehead atoms. The summed E-state index contributed by atoms with van der Waals surface area (Å²) >= 11 is 1.81. The van der Waals surface area contributed by atoms with Crippen molar-refractivity contribution in [3.63, 3.8) is 0 Å². The van der Waals surface area contributed by atoms with Gasteiger partial charge in [-0.25, -0.2) is 0 Å². The van der Waals surface area contributed by atoms with Crippen molar-refractivity contribution >= 4 is 23.6 Å². The zero-order chi connectivity index (χ0) is 15.4. The van der Waals surface area contributed by atoms with Crippen LogP contribution in [0, 0.1) is 0 Å². The third kappa shape index (κ3) is 2.83. The van der Waals surface area contributed by atoms with E-state index in [1.807, 2.05) is 44.4 Å². The highest BCUT2D eigenvalue weighted by Gasteiger charge is 2.54. The van der Waals surface area contributed by atoms with Gasteiger partial charge in [0.05, 0.1) is 0 Å². The number of amides is 2. The number of piperazine rings is 1. The molecule has 4 nitrogen and oxygen atoms in total. The molecular formula is C15H28N2O2S. The van der Waals surface area contributed by atoms with Gasteiger partial charge in [0.2, 0.25) is 11.8 Å². The summed E-state index contributed by atoms with van der Waals surface area (Å²) in [6.07, 6.45) is 1.95.